The maximum Gasteiger partial charge on any atom is 0.159 e. The largest absolute Gasteiger partial charge is 0.350 e. The lowest BCUT2D eigenvalue weighted by Gasteiger charge is -2.31. The first-order valence-electron chi connectivity index (χ1n) is 6.24. The molecule has 2 rings (SSSR count). The molecule has 0 spiro atoms. The van der Waals surface area contributed by atoms with Gasteiger partial charge in [-0.15, -0.1) is 0 Å². The fourth-order valence-electron chi connectivity index (χ4n) is 2.67. The Hall–Kier alpha value is -0.120. The summed E-state index contributed by atoms with van der Waals surface area (Å²) >= 11 is 0. The second-order valence-corrected chi connectivity index (χ2v) is 5.09. The highest BCUT2D eigenvalue weighted by Gasteiger charge is 2.27. The van der Waals surface area contributed by atoms with E-state index in [2.05, 4.69) is 6.92 Å². The summed E-state index contributed by atoms with van der Waals surface area (Å²) in [7, 11) is 0. The Morgan fingerprint density at radius 3 is 2.33 bits per heavy atom. The van der Waals surface area contributed by atoms with Crippen LogP contribution in [0.1, 0.15) is 39.0 Å². The van der Waals surface area contributed by atoms with Crippen LogP contribution in [0.2, 0.25) is 0 Å². The highest BCUT2D eigenvalue weighted by molar-refractivity contribution is 4.79. The van der Waals surface area contributed by atoms with Crippen LogP contribution in [0.3, 0.4) is 0 Å². The van der Waals surface area contributed by atoms with Crippen LogP contribution in [0, 0.1) is 11.8 Å². The van der Waals surface area contributed by atoms with Crippen LogP contribution < -0.4 is 5.73 Å². The number of hydrogen-bond acceptors (Lipinski definition) is 3. The summed E-state index contributed by atoms with van der Waals surface area (Å²) in [6.45, 7) is 3.81. The third-order valence-corrected chi connectivity index (χ3v) is 3.82. The van der Waals surface area contributed by atoms with Crippen LogP contribution in [0.25, 0.3) is 0 Å². The van der Waals surface area contributed by atoms with Gasteiger partial charge in [0.25, 0.3) is 0 Å². The smallest absolute Gasteiger partial charge is 0.159 e. The summed E-state index contributed by atoms with van der Waals surface area (Å²) in [6.07, 6.45) is 6.10. The van der Waals surface area contributed by atoms with Gasteiger partial charge in [0.1, 0.15) is 0 Å². The summed E-state index contributed by atoms with van der Waals surface area (Å²) in [5.41, 5.74) is 6.21. The first kappa shape index (κ1) is 11.4. The van der Waals surface area contributed by atoms with Crippen molar-refractivity contribution in [3.63, 3.8) is 0 Å². The maximum atomic E-state index is 6.21. The molecule has 2 fully saturated rings. The van der Waals surface area contributed by atoms with Gasteiger partial charge >= 0.3 is 0 Å². The van der Waals surface area contributed by atoms with E-state index in [9.17, 15) is 0 Å². The second kappa shape index (κ2) is 5.28. The second-order valence-electron chi connectivity index (χ2n) is 5.09. The molecule has 1 aliphatic heterocycles. The van der Waals surface area contributed by atoms with E-state index in [0.29, 0.717) is 5.92 Å². The molecule has 15 heavy (non-hydrogen) atoms. The minimum absolute atomic E-state index is 0.0284. The molecule has 0 radical (unpaired) electrons. The van der Waals surface area contributed by atoms with Gasteiger partial charge in [0.15, 0.2) is 6.29 Å². The molecule has 88 valence electrons. The normalized spacial score (nSPS) is 35.6. The van der Waals surface area contributed by atoms with Gasteiger partial charge in [-0.3, -0.25) is 0 Å². The molecule has 2 N–H and O–H groups in total. The monoisotopic (exact) mass is 213 g/mol. The fraction of sp³-hybridized carbons (Fsp3) is 1.00. The van der Waals surface area contributed by atoms with E-state index in [4.69, 9.17) is 15.2 Å². The van der Waals surface area contributed by atoms with Gasteiger partial charge in [0.05, 0.1) is 13.2 Å². The first-order chi connectivity index (χ1) is 7.25. The molecule has 0 aromatic heterocycles. The molecule has 0 bridgehead atoms. The molecular weight excluding hydrogens is 190 g/mol. The maximum absolute atomic E-state index is 6.21. The zero-order chi connectivity index (χ0) is 10.7. The third kappa shape index (κ3) is 3.16. The lowest BCUT2D eigenvalue weighted by Crippen LogP contribution is -2.36. The highest BCUT2D eigenvalue weighted by atomic mass is 16.7. The van der Waals surface area contributed by atoms with Crippen molar-refractivity contribution >= 4 is 0 Å². The van der Waals surface area contributed by atoms with Crippen molar-refractivity contribution in [2.75, 3.05) is 13.2 Å². The van der Waals surface area contributed by atoms with Gasteiger partial charge in [0, 0.05) is 12.5 Å². The zero-order valence-corrected chi connectivity index (χ0v) is 9.65. The van der Waals surface area contributed by atoms with Crippen molar-refractivity contribution in [3.8, 4) is 0 Å². The van der Waals surface area contributed by atoms with E-state index in [1.807, 2.05) is 0 Å². The summed E-state index contributed by atoms with van der Waals surface area (Å²) in [4.78, 5) is 0. The van der Waals surface area contributed by atoms with Crippen molar-refractivity contribution in [3.05, 3.63) is 0 Å². The highest BCUT2D eigenvalue weighted by Crippen LogP contribution is 2.31. The standard InChI is InChI=1S/C12H23NO2/c1-9-2-4-10(5-3-9)11(13)8-12-14-6-7-15-12/h9-12H,2-8,13H2,1H3. The fourth-order valence-corrected chi connectivity index (χ4v) is 2.67. The van der Waals surface area contributed by atoms with Crippen LogP contribution in [0.4, 0.5) is 0 Å². The Kier molecular flexibility index (Phi) is 4.00. The SMILES string of the molecule is CC1CCC(C(N)CC2OCCO2)CC1. The summed E-state index contributed by atoms with van der Waals surface area (Å²) in [6, 6.07) is 0.264. The number of ether oxygens (including phenoxy) is 2. The average Bonchev–Trinajstić information content (AvgIpc) is 2.71. The van der Waals surface area contributed by atoms with Crippen molar-refractivity contribution in [1.82, 2.24) is 0 Å². The molecular formula is C12H23NO2. The lowest BCUT2D eigenvalue weighted by molar-refractivity contribution is -0.0549. The lowest BCUT2D eigenvalue weighted by atomic mass is 9.78. The van der Waals surface area contributed by atoms with Gasteiger partial charge in [0.2, 0.25) is 0 Å². The zero-order valence-electron chi connectivity index (χ0n) is 9.65. The number of nitrogens with two attached hydrogens (primary N) is 1. The van der Waals surface area contributed by atoms with Crippen LogP contribution >= 0.6 is 0 Å². The Morgan fingerprint density at radius 2 is 1.73 bits per heavy atom. The molecule has 1 unspecified atom stereocenters. The molecule has 1 atom stereocenters. The molecule has 3 heteroatoms. The van der Waals surface area contributed by atoms with Crippen LogP contribution in [-0.4, -0.2) is 25.5 Å². The minimum Gasteiger partial charge on any atom is -0.350 e. The van der Waals surface area contributed by atoms with Gasteiger partial charge < -0.3 is 15.2 Å². The topological polar surface area (TPSA) is 44.5 Å². The predicted molar refractivity (Wildman–Crippen MR) is 59.4 cm³/mol. The third-order valence-electron chi connectivity index (χ3n) is 3.82. The van der Waals surface area contributed by atoms with E-state index in [1.165, 1.54) is 25.7 Å². The summed E-state index contributed by atoms with van der Waals surface area (Å²) in [5.74, 6) is 1.58. The van der Waals surface area contributed by atoms with E-state index < -0.39 is 0 Å². The van der Waals surface area contributed by atoms with E-state index in [1.54, 1.807) is 0 Å². The molecule has 0 aromatic carbocycles. The molecule has 1 heterocycles. The van der Waals surface area contributed by atoms with Crippen LogP contribution in [-0.2, 0) is 9.47 Å². The van der Waals surface area contributed by atoms with Crippen molar-refractivity contribution < 1.29 is 9.47 Å². The van der Waals surface area contributed by atoms with Gasteiger partial charge in [-0.2, -0.15) is 0 Å². The van der Waals surface area contributed by atoms with Gasteiger partial charge in [-0.05, 0) is 24.7 Å². The molecule has 0 amide bonds. The van der Waals surface area contributed by atoms with E-state index in [-0.39, 0.29) is 12.3 Å². The molecule has 2 aliphatic rings. The Balaban J connectivity index is 1.72. The van der Waals surface area contributed by atoms with E-state index >= 15 is 0 Å². The molecule has 1 saturated carbocycles. The first-order valence-corrected chi connectivity index (χ1v) is 6.24. The summed E-state index contributed by atoms with van der Waals surface area (Å²) in [5, 5.41) is 0. The summed E-state index contributed by atoms with van der Waals surface area (Å²) < 4.78 is 10.9. The van der Waals surface area contributed by atoms with Crippen molar-refractivity contribution in [1.29, 1.82) is 0 Å². The minimum atomic E-state index is -0.0284. The Bertz CT molecular complexity index is 184. The molecule has 3 nitrogen and oxygen atoms in total. The quantitative estimate of drug-likeness (QED) is 0.778. The Labute approximate surface area is 92.3 Å². The Morgan fingerprint density at radius 1 is 1.13 bits per heavy atom. The van der Waals surface area contributed by atoms with Gasteiger partial charge in [-0.25, -0.2) is 0 Å². The average molecular weight is 213 g/mol. The predicted octanol–water partition coefficient (Wildman–Crippen LogP) is 1.90. The van der Waals surface area contributed by atoms with Crippen molar-refractivity contribution in [2.45, 2.75) is 51.4 Å². The van der Waals surface area contributed by atoms with Crippen LogP contribution in [0.15, 0.2) is 0 Å². The number of hydrogen-bond donors (Lipinski definition) is 1. The van der Waals surface area contributed by atoms with Crippen molar-refractivity contribution in [2.24, 2.45) is 17.6 Å². The molecule has 0 aromatic rings. The molecule has 1 aliphatic carbocycles. The van der Waals surface area contributed by atoms with Crippen LogP contribution in [0.5, 0.6) is 0 Å². The number of rotatable bonds is 3. The van der Waals surface area contributed by atoms with E-state index in [0.717, 1.165) is 25.6 Å². The van der Waals surface area contributed by atoms with Gasteiger partial charge in [-0.1, -0.05) is 19.8 Å². The molecule has 1 saturated heterocycles.